The molecule has 116 valence electrons. The van der Waals surface area contributed by atoms with Crippen LogP contribution in [-0.2, 0) is 0 Å². The molecule has 9 heteroatoms. The highest BCUT2D eigenvalue weighted by Crippen LogP contribution is 2.35. The quantitative estimate of drug-likeness (QED) is 0.681. The van der Waals surface area contributed by atoms with Crippen molar-refractivity contribution in [2.24, 2.45) is 10.2 Å². The first-order valence-electron chi connectivity index (χ1n) is 6.28. The molecule has 2 heterocycles. The van der Waals surface area contributed by atoms with Gasteiger partial charge in [-0.05, 0) is 24.3 Å². The van der Waals surface area contributed by atoms with E-state index in [4.69, 9.17) is 23.2 Å². The fourth-order valence-electron chi connectivity index (χ4n) is 1.96. The molecular weight excluding hydrogens is 343 g/mol. The lowest BCUT2D eigenvalue weighted by Crippen LogP contribution is -1.96. The highest BCUT2D eigenvalue weighted by molar-refractivity contribution is 6.38. The summed E-state index contributed by atoms with van der Waals surface area (Å²) in [5.41, 5.74) is -0.0789. The van der Waals surface area contributed by atoms with Gasteiger partial charge in [0, 0.05) is 6.20 Å². The average Bonchev–Trinajstić information content (AvgIpc) is 2.87. The van der Waals surface area contributed by atoms with Crippen LogP contribution in [0.5, 0.6) is 5.75 Å². The van der Waals surface area contributed by atoms with Gasteiger partial charge in [-0.15, -0.1) is 10.2 Å². The Bertz CT molecular complexity index is 932. The van der Waals surface area contributed by atoms with Crippen LogP contribution in [-0.4, -0.2) is 25.6 Å². The summed E-state index contributed by atoms with van der Waals surface area (Å²) in [5.74, 6) is -1.53. The number of aromatic hydroxyl groups is 1. The lowest BCUT2D eigenvalue weighted by Gasteiger charge is -2.00. The Morgan fingerprint density at radius 1 is 1.13 bits per heavy atom. The predicted octanol–water partition coefficient (Wildman–Crippen LogP) is 4.46. The van der Waals surface area contributed by atoms with E-state index in [2.05, 4.69) is 15.2 Å². The molecule has 0 amide bonds. The molecule has 0 saturated carbocycles. The molecule has 1 aromatic carbocycles. The summed E-state index contributed by atoms with van der Waals surface area (Å²) in [6.07, 6.45) is 1.51. The number of rotatable bonds is 3. The maximum absolute atomic E-state index is 11.3. The molecule has 0 aliphatic rings. The number of nitrogens with zero attached hydrogens (tertiary/aromatic N) is 4. The van der Waals surface area contributed by atoms with Crippen LogP contribution in [0.25, 0.3) is 5.65 Å². The summed E-state index contributed by atoms with van der Waals surface area (Å²) < 4.78 is 1.31. The molecule has 7 nitrogen and oxygen atoms in total. The number of carboxylic acid groups (broad SMARTS) is 1. The molecule has 0 fully saturated rings. The van der Waals surface area contributed by atoms with Gasteiger partial charge in [0.15, 0.2) is 22.9 Å². The number of aromatic nitrogens is 2. The minimum atomic E-state index is -1.30. The summed E-state index contributed by atoms with van der Waals surface area (Å²) in [7, 11) is 0. The molecule has 0 bridgehead atoms. The van der Waals surface area contributed by atoms with Crippen molar-refractivity contribution >= 4 is 46.3 Å². The molecular formula is C14H8Cl2N4O3. The summed E-state index contributed by atoms with van der Waals surface area (Å²) in [4.78, 5) is 15.2. The van der Waals surface area contributed by atoms with Crippen LogP contribution in [0, 0.1) is 0 Å². The number of benzene rings is 1. The zero-order valence-electron chi connectivity index (χ0n) is 11.3. The topological polar surface area (TPSA) is 99.5 Å². The molecule has 0 unspecified atom stereocenters. The molecule has 0 aliphatic heterocycles. The number of halogens is 2. The minimum Gasteiger partial charge on any atom is -0.504 e. The van der Waals surface area contributed by atoms with Crippen LogP contribution in [0.4, 0.5) is 11.5 Å². The monoisotopic (exact) mass is 350 g/mol. The Balaban J connectivity index is 2.20. The van der Waals surface area contributed by atoms with E-state index < -0.39 is 5.97 Å². The Morgan fingerprint density at radius 3 is 2.48 bits per heavy atom. The highest BCUT2D eigenvalue weighted by Gasteiger charge is 2.20. The zero-order chi connectivity index (χ0) is 16.6. The number of fused-ring (bicyclic) bond motifs is 1. The molecule has 2 aromatic heterocycles. The van der Waals surface area contributed by atoms with Crippen molar-refractivity contribution in [3.05, 3.63) is 52.3 Å². The number of hydrogen-bond acceptors (Lipinski definition) is 5. The van der Waals surface area contributed by atoms with E-state index in [0.29, 0.717) is 0 Å². The lowest BCUT2D eigenvalue weighted by molar-refractivity contribution is 0.0692. The third-order valence-electron chi connectivity index (χ3n) is 2.99. The Morgan fingerprint density at radius 2 is 1.83 bits per heavy atom. The van der Waals surface area contributed by atoms with E-state index in [1.807, 2.05) is 0 Å². The summed E-state index contributed by atoms with van der Waals surface area (Å²) in [6, 6.07) is 7.73. The molecule has 2 N–H and O–H groups in total. The Labute approximate surface area is 139 Å². The van der Waals surface area contributed by atoms with E-state index in [9.17, 15) is 15.0 Å². The van der Waals surface area contributed by atoms with Crippen molar-refractivity contribution in [1.29, 1.82) is 0 Å². The van der Waals surface area contributed by atoms with E-state index >= 15 is 0 Å². The van der Waals surface area contributed by atoms with Gasteiger partial charge in [-0.1, -0.05) is 29.3 Å². The van der Waals surface area contributed by atoms with Crippen molar-refractivity contribution in [2.75, 3.05) is 0 Å². The maximum atomic E-state index is 11.3. The number of azo groups is 1. The van der Waals surface area contributed by atoms with Crippen LogP contribution >= 0.6 is 23.2 Å². The first kappa shape index (κ1) is 15.3. The van der Waals surface area contributed by atoms with Crippen LogP contribution in [0.3, 0.4) is 0 Å². The van der Waals surface area contributed by atoms with Gasteiger partial charge in [-0.2, -0.15) is 0 Å². The second kappa shape index (κ2) is 5.86. The zero-order valence-corrected chi connectivity index (χ0v) is 12.8. The summed E-state index contributed by atoms with van der Waals surface area (Å²) in [5, 5.41) is 27.4. The fraction of sp³-hybridized carbons (Fsp3) is 0. The van der Waals surface area contributed by atoms with Gasteiger partial charge in [-0.3, -0.25) is 4.40 Å². The molecule has 3 aromatic rings. The number of imidazole rings is 1. The van der Waals surface area contributed by atoms with Gasteiger partial charge in [0.05, 0.1) is 10.0 Å². The first-order valence-corrected chi connectivity index (χ1v) is 7.03. The van der Waals surface area contributed by atoms with Crippen LogP contribution in [0.1, 0.15) is 10.5 Å². The first-order chi connectivity index (χ1) is 11.0. The van der Waals surface area contributed by atoms with Gasteiger partial charge in [0.25, 0.3) is 0 Å². The van der Waals surface area contributed by atoms with Crippen molar-refractivity contribution in [3.63, 3.8) is 0 Å². The average molecular weight is 351 g/mol. The molecule has 0 atom stereocenters. The summed E-state index contributed by atoms with van der Waals surface area (Å²) in [6.45, 7) is 0. The largest absolute Gasteiger partial charge is 0.504 e. The summed E-state index contributed by atoms with van der Waals surface area (Å²) >= 11 is 12.0. The van der Waals surface area contributed by atoms with Crippen LogP contribution in [0.15, 0.2) is 46.8 Å². The van der Waals surface area contributed by atoms with Gasteiger partial charge < -0.3 is 10.2 Å². The van der Waals surface area contributed by atoms with Crippen LogP contribution < -0.4 is 0 Å². The third kappa shape index (κ3) is 2.71. The number of aromatic carboxylic acids is 1. The van der Waals surface area contributed by atoms with E-state index in [1.54, 1.807) is 18.2 Å². The number of carboxylic acids is 1. The maximum Gasteiger partial charge on any atom is 0.358 e. The third-order valence-corrected chi connectivity index (χ3v) is 3.60. The smallest absolute Gasteiger partial charge is 0.358 e. The number of hydrogen-bond donors (Lipinski definition) is 2. The minimum absolute atomic E-state index is 0.0561. The van der Waals surface area contributed by atoms with Crippen molar-refractivity contribution < 1.29 is 15.0 Å². The SMILES string of the molecule is O=C(O)c1nc2c(O)cccn2c1N=Nc1c(Cl)cccc1Cl. The molecule has 0 saturated heterocycles. The molecule has 23 heavy (non-hydrogen) atoms. The Hall–Kier alpha value is -2.64. The van der Waals surface area contributed by atoms with Gasteiger partial charge in [0.2, 0.25) is 0 Å². The van der Waals surface area contributed by atoms with E-state index in [1.165, 1.54) is 22.7 Å². The predicted molar refractivity (Wildman–Crippen MR) is 84.5 cm³/mol. The molecule has 0 spiro atoms. The van der Waals surface area contributed by atoms with Crippen molar-refractivity contribution in [1.82, 2.24) is 9.38 Å². The fourth-order valence-corrected chi connectivity index (χ4v) is 2.43. The van der Waals surface area contributed by atoms with Crippen molar-refractivity contribution in [2.45, 2.75) is 0 Å². The molecule has 0 aliphatic carbocycles. The van der Waals surface area contributed by atoms with E-state index in [-0.39, 0.29) is 38.6 Å². The Kier molecular flexibility index (Phi) is 3.89. The van der Waals surface area contributed by atoms with Crippen LogP contribution in [0.2, 0.25) is 10.0 Å². The van der Waals surface area contributed by atoms with Gasteiger partial charge >= 0.3 is 5.97 Å². The number of carbonyl (C=O) groups is 1. The lowest BCUT2D eigenvalue weighted by atomic mass is 10.3. The number of pyridine rings is 1. The normalized spacial score (nSPS) is 11.4. The molecule has 0 radical (unpaired) electrons. The molecule has 3 rings (SSSR count). The second-order valence-corrected chi connectivity index (χ2v) is 5.26. The van der Waals surface area contributed by atoms with E-state index in [0.717, 1.165) is 0 Å². The highest BCUT2D eigenvalue weighted by atomic mass is 35.5. The van der Waals surface area contributed by atoms with Gasteiger partial charge in [0.1, 0.15) is 5.69 Å². The van der Waals surface area contributed by atoms with Gasteiger partial charge in [-0.25, -0.2) is 9.78 Å². The van der Waals surface area contributed by atoms with Crippen molar-refractivity contribution in [3.8, 4) is 5.75 Å². The standard InChI is InChI=1S/C14H8Cl2N4O3/c15-7-3-1-4-8(16)10(7)18-19-13-11(14(22)23)17-12-9(21)5-2-6-20(12)13/h1-6,21H,(H,22,23). The second-order valence-electron chi connectivity index (χ2n) is 4.45.